The van der Waals surface area contributed by atoms with Gasteiger partial charge >= 0.3 is 0 Å². The van der Waals surface area contributed by atoms with Gasteiger partial charge < -0.3 is 23.8 Å². The lowest BCUT2D eigenvalue weighted by Gasteiger charge is -2.32. The Kier molecular flexibility index (Phi) is 19.3. The first-order chi connectivity index (χ1) is 30.6. The molecule has 0 N–H and O–H groups in total. The maximum atomic E-state index is 13.2. The molecule has 0 radical (unpaired) electrons. The van der Waals surface area contributed by atoms with E-state index < -0.39 is 0 Å². The number of amides is 3. The topological polar surface area (TPSA) is 87.9 Å². The van der Waals surface area contributed by atoms with Gasteiger partial charge in [-0.25, -0.2) is 8.78 Å². The molecular formula is C52H63Cl2F2N5O4. The molecule has 13 heteroatoms. The van der Waals surface area contributed by atoms with Crippen LogP contribution in [0.25, 0.3) is 21.8 Å². The molecule has 9 nitrogen and oxygen atoms in total. The molecule has 2 fully saturated rings. The number of rotatable bonds is 8. The Hall–Kier alpha value is -5.52. The Morgan fingerprint density at radius 2 is 1.08 bits per heavy atom. The van der Waals surface area contributed by atoms with Crippen LogP contribution >= 0.6 is 23.2 Å². The number of nitrogens with zero attached hydrogens (tertiary/aromatic N) is 5. The minimum Gasteiger partial charge on any atom is -0.351 e. The third-order valence-electron chi connectivity index (χ3n) is 11.8. The highest BCUT2D eigenvalue weighted by molar-refractivity contribution is 6.35. The van der Waals surface area contributed by atoms with Crippen molar-refractivity contribution in [2.45, 2.75) is 66.7 Å². The van der Waals surface area contributed by atoms with Gasteiger partial charge in [-0.1, -0.05) is 68.7 Å². The van der Waals surface area contributed by atoms with E-state index in [0.29, 0.717) is 51.7 Å². The van der Waals surface area contributed by atoms with Gasteiger partial charge in [0.25, 0.3) is 11.8 Å². The number of piperidine rings is 2. The molecule has 0 spiro atoms. The summed E-state index contributed by atoms with van der Waals surface area (Å²) in [5.74, 6) is 0.433. The van der Waals surface area contributed by atoms with Crippen molar-refractivity contribution in [1.29, 1.82) is 0 Å². The van der Waals surface area contributed by atoms with E-state index in [-0.39, 0.29) is 36.7 Å². The van der Waals surface area contributed by atoms with Crippen LogP contribution in [-0.4, -0.2) is 88.1 Å². The first-order valence-electron chi connectivity index (χ1n) is 21.8. The number of halogens is 4. The van der Waals surface area contributed by atoms with Crippen LogP contribution < -0.4 is 0 Å². The Morgan fingerprint density at radius 3 is 1.49 bits per heavy atom. The van der Waals surface area contributed by atoms with E-state index in [0.717, 1.165) is 91.0 Å². The van der Waals surface area contributed by atoms with Crippen molar-refractivity contribution >= 4 is 69.0 Å². The second-order valence-corrected chi connectivity index (χ2v) is 17.4. The average Bonchev–Trinajstić information content (AvgIpc) is 3.82. The molecular weight excluding hydrogens is 868 g/mol. The number of carbonyl (C=O) groups is 4. The highest BCUT2D eigenvalue weighted by Gasteiger charge is 2.28. The van der Waals surface area contributed by atoms with Gasteiger partial charge in [0.15, 0.2) is 5.78 Å². The summed E-state index contributed by atoms with van der Waals surface area (Å²) in [7, 11) is 7.20. The van der Waals surface area contributed by atoms with E-state index in [1.54, 1.807) is 32.4 Å². The number of aryl methyl sites for hydroxylation is 2. The summed E-state index contributed by atoms with van der Waals surface area (Å²) in [6, 6.07) is 22.6. The first-order valence-corrected chi connectivity index (χ1v) is 22.6. The summed E-state index contributed by atoms with van der Waals surface area (Å²) >= 11 is 12.9. The molecule has 0 unspecified atom stereocenters. The number of likely N-dealkylation sites (tertiary alicyclic amines) is 2. The molecule has 65 heavy (non-hydrogen) atoms. The average molecular weight is 931 g/mol. The molecule has 6 aromatic rings. The van der Waals surface area contributed by atoms with Crippen LogP contribution in [0.1, 0.15) is 96.1 Å². The highest BCUT2D eigenvalue weighted by Crippen LogP contribution is 2.32. The van der Waals surface area contributed by atoms with Crippen LogP contribution in [0, 0.1) is 23.5 Å². The normalized spacial score (nSPS) is 14.0. The fourth-order valence-electron chi connectivity index (χ4n) is 8.23. The second kappa shape index (κ2) is 24.1. The summed E-state index contributed by atoms with van der Waals surface area (Å²) in [5, 5.41) is 2.68. The zero-order chi connectivity index (χ0) is 46.7. The quantitative estimate of drug-likeness (QED) is 0.112. The molecule has 4 heterocycles. The fourth-order valence-corrected chi connectivity index (χ4v) is 8.71. The minimum atomic E-state index is -0.223. The first kappa shape index (κ1) is 52.1. The molecule has 2 saturated heterocycles. The Bertz CT molecular complexity index is 2540. The van der Waals surface area contributed by atoms with E-state index in [4.69, 9.17) is 23.2 Å². The monoisotopic (exact) mass is 929 g/mol. The summed E-state index contributed by atoms with van der Waals surface area (Å²) in [6.07, 6.45) is 10.0. The van der Waals surface area contributed by atoms with Crippen molar-refractivity contribution in [2.24, 2.45) is 25.9 Å². The molecule has 8 rings (SSSR count). The number of aromatic nitrogens is 2. The third kappa shape index (κ3) is 13.5. The Labute approximate surface area is 392 Å². The summed E-state index contributed by atoms with van der Waals surface area (Å²) in [6.45, 7) is 8.30. The molecule has 3 amide bonds. The van der Waals surface area contributed by atoms with Gasteiger partial charge in [0.2, 0.25) is 6.41 Å². The summed E-state index contributed by atoms with van der Waals surface area (Å²) in [5.41, 5.74) is 5.74. The number of carbonyl (C=O) groups excluding carboxylic acids is 4. The third-order valence-corrected chi connectivity index (χ3v) is 12.4. The standard InChI is InChI=1S/C24H24ClFN2O2.C22H22ClFN2O.C3H7NO.C2H6.CH4/c1-15(29)21-14-27(2)23-13-22(25)20(12-19(21)23)24(30)28-9-7-17(8-10-28)11-16-3-5-18(26)6-4-16;1-25-9-8-17-13-19(20(23)14-21(17)25)22(27)26-10-6-16(7-11-26)12-15-2-4-18(24)5-3-15;1-4(2)3-5;1-2;/h3-6,12-14,17H,7-11H2,1-2H3;2-5,8-9,13-14,16H,6-7,10-12H2,1H3;3H,1-2H3;1-2H3;1H4. The van der Waals surface area contributed by atoms with Crippen molar-refractivity contribution < 1.29 is 28.0 Å². The number of hydrogen-bond donors (Lipinski definition) is 0. The van der Waals surface area contributed by atoms with Gasteiger partial charge in [-0.2, -0.15) is 0 Å². The van der Waals surface area contributed by atoms with Crippen LogP contribution in [0.2, 0.25) is 10.0 Å². The number of fused-ring (bicyclic) bond motifs is 2. The maximum absolute atomic E-state index is 13.2. The van der Waals surface area contributed by atoms with Crippen LogP contribution in [0.4, 0.5) is 8.78 Å². The number of hydrogen-bond acceptors (Lipinski definition) is 4. The lowest BCUT2D eigenvalue weighted by atomic mass is 9.90. The SMILES string of the molecule is C.CC.CC(=O)c1cn(C)c2cc(Cl)c(C(=O)N3CCC(Cc4ccc(F)cc4)CC3)cc12.CN(C)C=O.Cn1ccc2cc(C(=O)N3CCC(Cc4ccc(F)cc4)CC3)c(Cl)cc21. The molecule has 348 valence electrons. The zero-order valence-corrected chi connectivity index (χ0v) is 39.4. The number of Topliss-reactive ketones (excluding diaryl/α,β-unsaturated/α-hetero) is 1. The summed E-state index contributed by atoms with van der Waals surface area (Å²) < 4.78 is 30.0. The minimum absolute atomic E-state index is 0. The molecule has 0 aliphatic carbocycles. The summed E-state index contributed by atoms with van der Waals surface area (Å²) in [4.78, 5) is 52.7. The predicted molar refractivity (Wildman–Crippen MR) is 261 cm³/mol. The molecule has 2 aromatic heterocycles. The van der Waals surface area contributed by atoms with Crippen LogP contribution in [-0.2, 0) is 31.7 Å². The lowest BCUT2D eigenvalue weighted by Crippen LogP contribution is -2.39. The van der Waals surface area contributed by atoms with Gasteiger partial charge in [-0.05, 0) is 123 Å². The van der Waals surface area contributed by atoms with Crippen molar-refractivity contribution in [3.8, 4) is 0 Å². The van der Waals surface area contributed by atoms with E-state index in [1.807, 2.05) is 95.5 Å². The van der Waals surface area contributed by atoms with Crippen LogP contribution in [0.15, 0.2) is 91.3 Å². The molecule has 4 aromatic carbocycles. The number of benzene rings is 4. The predicted octanol–water partition coefficient (Wildman–Crippen LogP) is 11.7. The van der Waals surface area contributed by atoms with Crippen molar-refractivity contribution in [2.75, 3.05) is 40.3 Å². The van der Waals surface area contributed by atoms with Crippen molar-refractivity contribution in [3.05, 3.63) is 141 Å². The van der Waals surface area contributed by atoms with E-state index >= 15 is 0 Å². The fraction of sp³-hybridized carbons (Fsp3) is 0.385. The van der Waals surface area contributed by atoms with E-state index in [9.17, 15) is 28.0 Å². The van der Waals surface area contributed by atoms with E-state index in [1.165, 1.54) is 36.1 Å². The zero-order valence-electron chi connectivity index (χ0n) is 37.8. The van der Waals surface area contributed by atoms with Gasteiger partial charge in [-0.3, -0.25) is 19.2 Å². The molecule has 0 bridgehead atoms. The van der Waals surface area contributed by atoms with Gasteiger partial charge in [0.1, 0.15) is 11.6 Å². The number of ketones is 1. The Balaban J connectivity index is 0.000000247. The molecule has 0 saturated carbocycles. The molecule has 0 atom stereocenters. The largest absolute Gasteiger partial charge is 0.351 e. The van der Waals surface area contributed by atoms with Gasteiger partial charge in [-0.15, -0.1) is 0 Å². The van der Waals surface area contributed by atoms with Crippen molar-refractivity contribution in [1.82, 2.24) is 23.8 Å². The smallest absolute Gasteiger partial charge is 0.255 e. The van der Waals surface area contributed by atoms with Crippen molar-refractivity contribution in [3.63, 3.8) is 0 Å². The molecule has 2 aliphatic rings. The Morgan fingerprint density at radius 1 is 0.662 bits per heavy atom. The van der Waals surface area contributed by atoms with Crippen LogP contribution in [0.3, 0.4) is 0 Å². The van der Waals surface area contributed by atoms with E-state index in [2.05, 4.69) is 0 Å². The maximum Gasteiger partial charge on any atom is 0.255 e. The second-order valence-electron chi connectivity index (χ2n) is 16.6. The van der Waals surface area contributed by atoms with Gasteiger partial charge in [0, 0.05) is 88.6 Å². The van der Waals surface area contributed by atoms with Crippen LogP contribution in [0.5, 0.6) is 0 Å². The lowest BCUT2D eigenvalue weighted by molar-refractivity contribution is -0.115. The molecule has 2 aliphatic heterocycles. The highest BCUT2D eigenvalue weighted by atomic mass is 35.5. The van der Waals surface area contributed by atoms with Gasteiger partial charge in [0.05, 0.1) is 26.7 Å².